The van der Waals surface area contributed by atoms with Crippen LogP contribution in [0.4, 0.5) is 0 Å². The van der Waals surface area contributed by atoms with Gasteiger partial charge in [-0.05, 0) is 84.0 Å². The molecule has 0 spiro atoms. The summed E-state index contributed by atoms with van der Waals surface area (Å²) in [6.07, 6.45) is 1.06. The van der Waals surface area contributed by atoms with Gasteiger partial charge in [-0.1, -0.05) is 52.0 Å². The van der Waals surface area contributed by atoms with Gasteiger partial charge in [0.1, 0.15) is 5.78 Å². The van der Waals surface area contributed by atoms with Crippen LogP contribution < -0.4 is 0 Å². The van der Waals surface area contributed by atoms with Crippen molar-refractivity contribution in [3.63, 3.8) is 0 Å². The number of hydrogen-bond acceptors (Lipinski definition) is 1. The SMILES string of the molecule is Cc1cc(C(C)C)cc(C)c1CC(=O)Cc1c(C)cc(C(C)C)cc1C. The second-order valence-corrected chi connectivity index (χ2v) is 8.47. The highest BCUT2D eigenvalue weighted by atomic mass is 16.1. The fraction of sp³-hybridized carbons (Fsp3) is 0.480. The molecule has 0 amide bonds. The standard InChI is InChI=1S/C25H34O/c1-15(2)21-9-17(5)24(18(6)10-21)13-23(26)14-25-19(7)11-22(16(3)4)12-20(25)8/h9-12,15-16H,13-14H2,1-8H3. The molecule has 0 fully saturated rings. The summed E-state index contributed by atoms with van der Waals surface area (Å²) in [5, 5.41) is 0. The zero-order valence-corrected chi connectivity index (χ0v) is 17.8. The maximum atomic E-state index is 12.8. The molecule has 0 saturated carbocycles. The number of aryl methyl sites for hydroxylation is 4. The number of hydrogen-bond donors (Lipinski definition) is 0. The number of ketones is 1. The van der Waals surface area contributed by atoms with Crippen LogP contribution in [0.3, 0.4) is 0 Å². The van der Waals surface area contributed by atoms with Crippen molar-refractivity contribution in [1.82, 2.24) is 0 Å². The van der Waals surface area contributed by atoms with Gasteiger partial charge in [0.05, 0.1) is 0 Å². The van der Waals surface area contributed by atoms with Gasteiger partial charge in [0.2, 0.25) is 0 Å². The van der Waals surface area contributed by atoms with E-state index in [0.29, 0.717) is 30.5 Å². The van der Waals surface area contributed by atoms with Crippen LogP contribution in [0.2, 0.25) is 0 Å². The van der Waals surface area contributed by atoms with Crippen molar-refractivity contribution in [3.05, 3.63) is 68.8 Å². The van der Waals surface area contributed by atoms with E-state index in [1.54, 1.807) is 0 Å². The summed E-state index contributed by atoms with van der Waals surface area (Å²) < 4.78 is 0. The highest BCUT2D eigenvalue weighted by Crippen LogP contribution is 2.25. The quantitative estimate of drug-likeness (QED) is 0.579. The predicted octanol–water partition coefficient (Wildman–Crippen LogP) is 6.52. The predicted molar refractivity (Wildman–Crippen MR) is 112 cm³/mol. The molecule has 0 aliphatic rings. The van der Waals surface area contributed by atoms with Gasteiger partial charge in [0.15, 0.2) is 0 Å². The zero-order valence-electron chi connectivity index (χ0n) is 17.8. The zero-order chi connectivity index (χ0) is 19.6. The van der Waals surface area contributed by atoms with Gasteiger partial charge in [-0.25, -0.2) is 0 Å². The van der Waals surface area contributed by atoms with E-state index in [2.05, 4.69) is 79.7 Å². The molecule has 0 radical (unpaired) electrons. The molecule has 1 heteroatoms. The first-order valence-corrected chi connectivity index (χ1v) is 9.81. The third-order valence-electron chi connectivity index (χ3n) is 5.52. The molecule has 26 heavy (non-hydrogen) atoms. The normalized spacial score (nSPS) is 11.5. The van der Waals surface area contributed by atoms with Crippen LogP contribution in [0.25, 0.3) is 0 Å². The molecule has 0 aromatic heterocycles. The minimum atomic E-state index is 0.303. The first-order chi connectivity index (χ1) is 12.1. The fourth-order valence-electron chi connectivity index (χ4n) is 3.73. The second kappa shape index (κ2) is 8.20. The molecule has 2 rings (SSSR count). The van der Waals surface area contributed by atoms with E-state index in [0.717, 1.165) is 0 Å². The summed E-state index contributed by atoms with van der Waals surface area (Å²) in [6, 6.07) is 8.98. The molecule has 0 aliphatic carbocycles. The van der Waals surface area contributed by atoms with Gasteiger partial charge in [-0.2, -0.15) is 0 Å². The number of benzene rings is 2. The molecule has 2 aromatic carbocycles. The summed E-state index contributed by atoms with van der Waals surface area (Å²) in [6.45, 7) is 17.4. The van der Waals surface area contributed by atoms with Gasteiger partial charge in [-0.15, -0.1) is 0 Å². The third kappa shape index (κ3) is 4.63. The van der Waals surface area contributed by atoms with E-state index in [4.69, 9.17) is 0 Å². The van der Waals surface area contributed by atoms with E-state index in [1.165, 1.54) is 44.5 Å². The Bertz CT molecular complexity index is 695. The summed E-state index contributed by atoms with van der Waals surface area (Å²) in [5.41, 5.74) is 10.1. The van der Waals surface area contributed by atoms with E-state index in [9.17, 15) is 4.79 Å². The molecule has 0 unspecified atom stereocenters. The Kier molecular flexibility index (Phi) is 6.44. The number of Topliss-reactive ketones (excluding diaryl/α,β-unsaturated/α-hetero) is 1. The maximum Gasteiger partial charge on any atom is 0.141 e. The molecule has 0 bridgehead atoms. The van der Waals surface area contributed by atoms with Gasteiger partial charge in [0.25, 0.3) is 0 Å². The van der Waals surface area contributed by atoms with E-state index < -0.39 is 0 Å². The Balaban J connectivity index is 2.22. The van der Waals surface area contributed by atoms with Crippen LogP contribution in [0.1, 0.15) is 84.0 Å². The Morgan fingerprint density at radius 3 is 1.15 bits per heavy atom. The average Bonchev–Trinajstić information content (AvgIpc) is 2.53. The van der Waals surface area contributed by atoms with Crippen molar-refractivity contribution in [2.45, 2.75) is 80.1 Å². The van der Waals surface area contributed by atoms with Crippen LogP contribution >= 0.6 is 0 Å². The van der Waals surface area contributed by atoms with Gasteiger partial charge in [0, 0.05) is 12.8 Å². The second-order valence-electron chi connectivity index (χ2n) is 8.47. The van der Waals surface area contributed by atoms with Gasteiger partial charge >= 0.3 is 0 Å². The summed E-state index contributed by atoms with van der Waals surface area (Å²) in [7, 11) is 0. The van der Waals surface area contributed by atoms with Gasteiger partial charge in [-0.3, -0.25) is 4.79 Å². The highest BCUT2D eigenvalue weighted by Gasteiger charge is 2.15. The number of rotatable bonds is 6. The molecule has 140 valence electrons. The van der Waals surface area contributed by atoms with Crippen molar-refractivity contribution in [2.24, 2.45) is 0 Å². The Morgan fingerprint density at radius 2 is 0.923 bits per heavy atom. The van der Waals surface area contributed by atoms with Crippen LogP contribution in [-0.4, -0.2) is 5.78 Å². The lowest BCUT2D eigenvalue weighted by Gasteiger charge is -2.16. The molecule has 0 saturated heterocycles. The molecule has 0 N–H and O–H groups in total. The lowest BCUT2D eigenvalue weighted by molar-refractivity contribution is -0.117. The lowest BCUT2D eigenvalue weighted by atomic mass is 9.88. The van der Waals surface area contributed by atoms with Crippen LogP contribution in [0.5, 0.6) is 0 Å². The van der Waals surface area contributed by atoms with Crippen LogP contribution in [-0.2, 0) is 17.6 Å². The van der Waals surface area contributed by atoms with Crippen LogP contribution in [0.15, 0.2) is 24.3 Å². The van der Waals surface area contributed by atoms with Crippen molar-refractivity contribution in [2.75, 3.05) is 0 Å². The molecular formula is C25H34O. The molecule has 0 atom stereocenters. The van der Waals surface area contributed by atoms with Crippen LogP contribution in [0, 0.1) is 27.7 Å². The van der Waals surface area contributed by atoms with E-state index in [-0.39, 0.29) is 0 Å². The average molecular weight is 351 g/mol. The van der Waals surface area contributed by atoms with Crippen molar-refractivity contribution in [3.8, 4) is 0 Å². The fourth-order valence-corrected chi connectivity index (χ4v) is 3.73. The third-order valence-corrected chi connectivity index (χ3v) is 5.52. The topological polar surface area (TPSA) is 17.1 Å². The summed E-state index contributed by atoms with van der Waals surface area (Å²) in [5.74, 6) is 1.33. The highest BCUT2D eigenvalue weighted by molar-refractivity contribution is 5.84. The molecule has 0 aliphatic heterocycles. The Morgan fingerprint density at radius 1 is 0.654 bits per heavy atom. The van der Waals surface area contributed by atoms with Crippen molar-refractivity contribution in [1.29, 1.82) is 0 Å². The van der Waals surface area contributed by atoms with Crippen molar-refractivity contribution < 1.29 is 4.79 Å². The largest absolute Gasteiger partial charge is 0.299 e. The number of carbonyl (C=O) groups excluding carboxylic acids is 1. The Hall–Kier alpha value is -1.89. The molecule has 0 heterocycles. The lowest BCUT2D eigenvalue weighted by Crippen LogP contribution is -2.12. The van der Waals surface area contributed by atoms with Crippen molar-refractivity contribution >= 4 is 5.78 Å². The maximum absolute atomic E-state index is 12.8. The molecule has 2 aromatic rings. The summed E-state index contributed by atoms with van der Waals surface area (Å²) in [4.78, 5) is 12.8. The van der Waals surface area contributed by atoms with E-state index in [1.807, 2.05) is 0 Å². The summed E-state index contributed by atoms with van der Waals surface area (Å²) >= 11 is 0. The minimum Gasteiger partial charge on any atom is -0.299 e. The monoisotopic (exact) mass is 350 g/mol. The smallest absolute Gasteiger partial charge is 0.141 e. The molecular weight excluding hydrogens is 316 g/mol. The Labute approximate surface area is 159 Å². The number of carbonyl (C=O) groups is 1. The van der Waals surface area contributed by atoms with Gasteiger partial charge < -0.3 is 0 Å². The van der Waals surface area contributed by atoms with E-state index >= 15 is 0 Å². The first-order valence-electron chi connectivity index (χ1n) is 9.81. The minimum absolute atomic E-state index is 0.303. The molecule has 1 nitrogen and oxygen atoms in total. The first kappa shape index (κ1) is 20.4.